The Labute approximate surface area is 172 Å². The fraction of sp³-hybridized carbons (Fsp3) is 0.417. The van der Waals surface area contributed by atoms with Gasteiger partial charge in [-0.2, -0.15) is 5.10 Å². The van der Waals surface area contributed by atoms with Gasteiger partial charge in [0.15, 0.2) is 0 Å². The van der Waals surface area contributed by atoms with Gasteiger partial charge in [0.2, 0.25) is 0 Å². The van der Waals surface area contributed by atoms with Gasteiger partial charge in [0.05, 0.1) is 17.8 Å². The van der Waals surface area contributed by atoms with Crippen LogP contribution in [-0.4, -0.2) is 22.2 Å². The molecule has 0 saturated carbocycles. The van der Waals surface area contributed by atoms with E-state index in [1.54, 1.807) is 0 Å². The third kappa shape index (κ3) is 4.67. The monoisotopic (exact) mass is 393 g/mol. The molecular formula is C24H31N3O2. The molecule has 3 aromatic rings. The summed E-state index contributed by atoms with van der Waals surface area (Å²) in [7, 11) is 0. The molecule has 2 heterocycles. The van der Waals surface area contributed by atoms with Crippen molar-refractivity contribution in [3.63, 3.8) is 0 Å². The fourth-order valence-corrected chi connectivity index (χ4v) is 3.88. The van der Waals surface area contributed by atoms with Gasteiger partial charge in [-0.05, 0) is 74.4 Å². The first-order valence-corrected chi connectivity index (χ1v) is 10.5. The zero-order valence-corrected chi connectivity index (χ0v) is 17.7. The molecule has 0 aliphatic rings. The lowest BCUT2D eigenvalue weighted by atomic mass is 9.94. The molecule has 5 nitrogen and oxygen atoms in total. The van der Waals surface area contributed by atoms with E-state index in [1.807, 2.05) is 6.92 Å². The maximum atomic E-state index is 11.6. The Hall–Kier alpha value is -2.66. The third-order valence-electron chi connectivity index (χ3n) is 5.36. The van der Waals surface area contributed by atoms with Crippen molar-refractivity contribution in [2.24, 2.45) is 5.73 Å². The first-order valence-electron chi connectivity index (χ1n) is 10.5. The molecule has 0 unspecified atom stereocenters. The number of aromatic nitrogens is 2. The molecule has 0 aliphatic carbocycles. The first-order chi connectivity index (χ1) is 14.1. The maximum absolute atomic E-state index is 11.6. The van der Waals surface area contributed by atoms with Gasteiger partial charge in [0.1, 0.15) is 0 Å². The summed E-state index contributed by atoms with van der Waals surface area (Å²) < 4.78 is 7.11. The minimum atomic E-state index is -0.118. The summed E-state index contributed by atoms with van der Waals surface area (Å²) in [6.07, 6.45) is 4.01. The molecule has 154 valence electrons. The molecule has 1 aromatic carbocycles. The number of carbonyl (C=O) groups is 1. The van der Waals surface area contributed by atoms with Crippen LogP contribution in [0.5, 0.6) is 0 Å². The smallest absolute Gasteiger partial charge is 0.305 e. The van der Waals surface area contributed by atoms with Crippen molar-refractivity contribution in [3.8, 4) is 11.1 Å². The van der Waals surface area contributed by atoms with E-state index < -0.39 is 0 Å². The van der Waals surface area contributed by atoms with Crippen molar-refractivity contribution in [2.45, 2.75) is 59.4 Å². The molecule has 5 heteroatoms. The zero-order chi connectivity index (χ0) is 20.8. The number of unbranched alkanes of at least 4 members (excludes halogenated alkanes) is 1. The van der Waals surface area contributed by atoms with Crippen LogP contribution < -0.4 is 5.73 Å². The number of nitrogens with two attached hydrogens (primary N) is 1. The van der Waals surface area contributed by atoms with Crippen LogP contribution in [0, 0.1) is 6.92 Å². The number of fused-ring (bicyclic) bond motifs is 1. The van der Waals surface area contributed by atoms with E-state index in [0.717, 1.165) is 42.5 Å². The molecule has 0 saturated heterocycles. The predicted octanol–water partition coefficient (Wildman–Crippen LogP) is 4.61. The van der Waals surface area contributed by atoms with Crippen molar-refractivity contribution in [1.82, 2.24) is 9.61 Å². The molecule has 0 bridgehead atoms. The minimum Gasteiger partial charge on any atom is -0.466 e. The summed E-state index contributed by atoms with van der Waals surface area (Å²) in [5.74, 6) is -0.118. The lowest BCUT2D eigenvalue weighted by Gasteiger charge is -2.16. The number of nitrogens with zero attached hydrogens (tertiary/aromatic N) is 2. The van der Waals surface area contributed by atoms with Gasteiger partial charge in [-0.25, -0.2) is 4.52 Å². The van der Waals surface area contributed by atoms with E-state index >= 15 is 0 Å². The quantitative estimate of drug-likeness (QED) is 0.426. The van der Waals surface area contributed by atoms with Gasteiger partial charge in [-0.1, -0.05) is 25.1 Å². The molecular weight excluding hydrogens is 362 g/mol. The van der Waals surface area contributed by atoms with Crippen molar-refractivity contribution in [1.29, 1.82) is 0 Å². The van der Waals surface area contributed by atoms with Crippen LogP contribution in [0.4, 0.5) is 0 Å². The first kappa shape index (κ1) is 21.1. The van der Waals surface area contributed by atoms with Crippen LogP contribution in [0.3, 0.4) is 0 Å². The molecule has 3 rings (SSSR count). The van der Waals surface area contributed by atoms with Crippen LogP contribution in [0.1, 0.15) is 55.6 Å². The summed E-state index contributed by atoms with van der Waals surface area (Å²) in [5, 5.41) is 4.88. The van der Waals surface area contributed by atoms with E-state index in [4.69, 9.17) is 15.6 Å². The Balaban J connectivity index is 1.99. The number of esters is 1. The number of aryl methyl sites for hydroxylation is 2. The number of hydrogen-bond donors (Lipinski definition) is 1. The average Bonchev–Trinajstić information content (AvgIpc) is 3.13. The highest BCUT2D eigenvalue weighted by Crippen LogP contribution is 2.33. The van der Waals surface area contributed by atoms with Crippen LogP contribution in [0.25, 0.3) is 16.6 Å². The Kier molecular flexibility index (Phi) is 7.04. The summed E-state index contributed by atoms with van der Waals surface area (Å²) in [6, 6.07) is 12.8. The number of benzene rings is 1. The highest BCUT2D eigenvalue weighted by Gasteiger charge is 2.17. The zero-order valence-electron chi connectivity index (χ0n) is 17.7. The van der Waals surface area contributed by atoms with Crippen LogP contribution in [0.2, 0.25) is 0 Å². The molecule has 2 N–H and O–H groups in total. The van der Waals surface area contributed by atoms with Crippen molar-refractivity contribution >= 4 is 11.5 Å². The maximum Gasteiger partial charge on any atom is 0.305 e. The second-order valence-corrected chi connectivity index (χ2v) is 7.33. The molecule has 0 radical (unpaired) electrons. The lowest BCUT2D eigenvalue weighted by Crippen LogP contribution is -2.07. The van der Waals surface area contributed by atoms with Crippen molar-refractivity contribution < 1.29 is 9.53 Å². The normalized spacial score (nSPS) is 11.2. The standard InChI is InChI=1S/C24H31N3O2/c1-4-20-13-14-22-24(19-10-8-9-18(15-19)16-25)21(17(3)26-27(20)22)11-6-7-12-23(28)29-5-2/h8-10,13-15H,4-7,11-12,16,25H2,1-3H3. The van der Waals surface area contributed by atoms with Crippen molar-refractivity contribution in [3.05, 3.63) is 58.9 Å². The molecule has 29 heavy (non-hydrogen) atoms. The summed E-state index contributed by atoms with van der Waals surface area (Å²) in [4.78, 5) is 11.6. The predicted molar refractivity (Wildman–Crippen MR) is 117 cm³/mol. The van der Waals surface area contributed by atoms with Crippen LogP contribution >= 0.6 is 0 Å². The van der Waals surface area contributed by atoms with Crippen molar-refractivity contribution in [2.75, 3.05) is 6.61 Å². The van der Waals surface area contributed by atoms with Gasteiger partial charge in [-0.3, -0.25) is 4.79 Å². The van der Waals surface area contributed by atoms with Gasteiger partial charge in [0, 0.05) is 24.2 Å². The van der Waals surface area contributed by atoms with E-state index in [9.17, 15) is 4.79 Å². The van der Waals surface area contributed by atoms with E-state index in [1.165, 1.54) is 22.4 Å². The largest absolute Gasteiger partial charge is 0.466 e. The summed E-state index contributed by atoms with van der Waals surface area (Å²) in [5.41, 5.74) is 14.0. The van der Waals surface area contributed by atoms with Crippen LogP contribution in [0.15, 0.2) is 36.4 Å². The number of rotatable bonds is 9. The van der Waals surface area contributed by atoms with E-state index in [0.29, 0.717) is 19.6 Å². The Morgan fingerprint density at radius 1 is 1.17 bits per heavy atom. The summed E-state index contributed by atoms with van der Waals surface area (Å²) in [6.45, 7) is 7.02. The molecule has 0 atom stereocenters. The molecule has 0 fully saturated rings. The highest BCUT2D eigenvalue weighted by molar-refractivity contribution is 5.84. The summed E-state index contributed by atoms with van der Waals surface area (Å²) >= 11 is 0. The fourth-order valence-electron chi connectivity index (χ4n) is 3.88. The number of carbonyl (C=O) groups excluding carboxylic acids is 1. The molecule has 0 amide bonds. The second-order valence-electron chi connectivity index (χ2n) is 7.33. The minimum absolute atomic E-state index is 0.118. The van der Waals surface area contributed by atoms with Gasteiger partial charge in [-0.15, -0.1) is 0 Å². The molecule has 0 spiro atoms. The average molecular weight is 394 g/mol. The SMILES string of the molecule is CCOC(=O)CCCCc1c(C)nn2c(CC)ccc2c1-c1cccc(CN)c1. The molecule has 2 aromatic heterocycles. The Bertz CT molecular complexity index is 991. The highest BCUT2D eigenvalue weighted by atomic mass is 16.5. The van der Waals surface area contributed by atoms with Gasteiger partial charge >= 0.3 is 5.97 Å². The second kappa shape index (κ2) is 9.70. The Morgan fingerprint density at radius 2 is 2.00 bits per heavy atom. The van der Waals surface area contributed by atoms with Crippen LogP contribution in [-0.2, 0) is 28.9 Å². The lowest BCUT2D eigenvalue weighted by molar-refractivity contribution is -0.143. The third-order valence-corrected chi connectivity index (χ3v) is 5.36. The number of hydrogen-bond acceptors (Lipinski definition) is 4. The van der Waals surface area contributed by atoms with Gasteiger partial charge < -0.3 is 10.5 Å². The van der Waals surface area contributed by atoms with E-state index in [2.05, 4.69) is 54.8 Å². The number of ether oxygens (including phenoxy) is 1. The van der Waals surface area contributed by atoms with Gasteiger partial charge in [0.25, 0.3) is 0 Å². The van der Waals surface area contributed by atoms with E-state index in [-0.39, 0.29) is 5.97 Å². The Morgan fingerprint density at radius 3 is 2.72 bits per heavy atom. The molecule has 0 aliphatic heterocycles. The topological polar surface area (TPSA) is 69.6 Å².